The number of anilines is 4. The van der Waals surface area contributed by atoms with Crippen molar-refractivity contribution in [1.82, 2.24) is 0 Å². The van der Waals surface area contributed by atoms with E-state index in [4.69, 9.17) is 4.74 Å². The van der Waals surface area contributed by atoms with E-state index in [0.29, 0.717) is 28.3 Å². The molecule has 0 spiro atoms. The molecule has 10 rings (SSSR count). The Bertz CT molecular complexity index is 3740. The highest BCUT2D eigenvalue weighted by Gasteiger charge is 2.40. The first-order valence-corrected chi connectivity index (χ1v) is 27.7. The van der Waals surface area contributed by atoms with Crippen LogP contribution in [0.15, 0.2) is 144 Å². The second kappa shape index (κ2) is 20.3. The molecule has 11 heteroatoms. The number of aromatic carboxylic acids is 1. The Labute approximate surface area is 464 Å². The first-order valence-electron chi connectivity index (χ1n) is 26.8. The number of allylic oxidation sites excluding steroid dienone is 3. The highest BCUT2D eigenvalue weighted by Crippen LogP contribution is 2.54. The lowest BCUT2D eigenvalue weighted by atomic mass is 9.74. The van der Waals surface area contributed by atoms with E-state index in [-0.39, 0.29) is 16.5 Å². The number of fused-ring (bicyclic) bond motifs is 4. The molecule has 0 radical (unpaired) electrons. The van der Waals surface area contributed by atoms with E-state index >= 15 is 4.79 Å². The molecule has 0 bridgehead atoms. The van der Waals surface area contributed by atoms with Crippen molar-refractivity contribution in [3.63, 3.8) is 0 Å². The summed E-state index contributed by atoms with van der Waals surface area (Å²) < 4.78 is 9.33. The van der Waals surface area contributed by atoms with Crippen LogP contribution in [-0.4, -0.2) is 75.7 Å². The van der Waals surface area contributed by atoms with Crippen molar-refractivity contribution in [2.24, 2.45) is 5.41 Å². The van der Waals surface area contributed by atoms with Gasteiger partial charge in [0.05, 0.1) is 11.1 Å². The van der Waals surface area contributed by atoms with Crippen LogP contribution in [0, 0.1) is 5.41 Å². The van der Waals surface area contributed by atoms with Gasteiger partial charge in [0.15, 0.2) is 18.7 Å². The Kier molecular flexibility index (Phi) is 14.0. The molecule has 400 valence electrons. The predicted octanol–water partition coefficient (Wildman–Crippen LogP) is 12.7. The van der Waals surface area contributed by atoms with Crippen LogP contribution in [0.2, 0.25) is 0 Å². The highest BCUT2D eigenvalue weighted by molar-refractivity contribution is 7.99. The van der Waals surface area contributed by atoms with Crippen molar-refractivity contribution < 1.29 is 29.4 Å². The third kappa shape index (κ3) is 9.35. The average molecular weight is 1060 g/mol. The molecule has 3 heterocycles. The van der Waals surface area contributed by atoms with E-state index in [2.05, 4.69) is 155 Å². The zero-order valence-electron chi connectivity index (χ0n) is 47.5. The summed E-state index contributed by atoms with van der Waals surface area (Å²) in [6.45, 7) is 18.6. The summed E-state index contributed by atoms with van der Waals surface area (Å²) in [6, 6.07) is 36.9. The number of carboxylic acid groups (broad SMARTS) is 1. The number of nitrogens with zero attached hydrogens (tertiary/aromatic N) is 5. The molecule has 0 atom stereocenters. The van der Waals surface area contributed by atoms with Crippen LogP contribution in [0.1, 0.15) is 106 Å². The second-order valence-corrected chi connectivity index (χ2v) is 23.7. The summed E-state index contributed by atoms with van der Waals surface area (Å²) in [4.78, 5) is 25.6. The highest BCUT2D eigenvalue weighted by atomic mass is 32.2. The van der Waals surface area contributed by atoms with E-state index in [1.54, 1.807) is 12.1 Å². The van der Waals surface area contributed by atoms with Gasteiger partial charge in [0.2, 0.25) is 5.69 Å². The molecule has 0 fully saturated rings. The Morgan fingerprint density at radius 1 is 0.654 bits per heavy atom. The third-order valence-corrected chi connectivity index (χ3v) is 17.1. The number of hydrogen-bond donors (Lipinski definition) is 3. The number of ether oxygens (including phenoxy) is 1. The van der Waals surface area contributed by atoms with Crippen molar-refractivity contribution in [1.29, 1.82) is 0 Å². The third-order valence-electron chi connectivity index (χ3n) is 16.0. The molecule has 0 amide bonds. The number of benzene rings is 6. The number of carbonyl (C=O) groups is 1. The van der Waals surface area contributed by atoms with Crippen molar-refractivity contribution in [3.8, 4) is 39.4 Å². The zero-order chi connectivity index (χ0) is 55.9. The molecule has 1 aliphatic carbocycles. The number of pyridine rings is 1. The number of rotatable bonds is 13. The summed E-state index contributed by atoms with van der Waals surface area (Å²) >= 11 is 1.53. The van der Waals surface area contributed by atoms with Crippen LogP contribution in [-0.2, 0) is 0 Å². The maximum Gasteiger partial charge on any atom is 0.343 e. The molecular weight excluding hydrogens is 987 g/mol. The molecule has 10 nitrogen and oxygen atoms in total. The van der Waals surface area contributed by atoms with Gasteiger partial charge in [-0.3, -0.25) is 0 Å². The first-order chi connectivity index (χ1) is 37.0. The monoisotopic (exact) mass is 1060 g/mol. The van der Waals surface area contributed by atoms with Gasteiger partial charge >= 0.3 is 5.97 Å². The fourth-order valence-corrected chi connectivity index (χ4v) is 13.4. The molecule has 2 aliphatic heterocycles. The van der Waals surface area contributed by atoms with Crippen molar-refractivity contribution in [2.75, 3.05) is 68.4 Å². The van der Waals surface area contributed by atoms with Gasteiger partial charge < -0.3 is 39.7 Å². The van der Waals surface area contributed by atoms with E-state index < -0.39 is 12.3 Å². The minimum atomic E-state index is -1.65. The molecule has 78 heavy (non-hydrogen) atoms. The zero-order valence-corrected chi connectivity index (χ0v) is 48.3. The van der Waals surface area contributed by atoms with Gasteiger partial charge in [0.25, 0.3) is 0 Å². The quantitative estimate of drug-likeness (QED) is 0.0764. The predicted molar refractivity (Wildman–Crippen MR) is 322 cm³/mol. The van der Waals surface area contributed by atoms with E-state index in [1.165, 1.54) is 17.3 Å². The number of likely N-dealkylation sites (N-methyl/N-ethyl adjacent to an activating group) is 1. The Hall–Kier alpha value is -7.57. The largest absolute Gasteiger partial charge is 0.477 e. The molecule has 0 saturated carbocycles. The van der Waals surface area contributed by atoms with E-state index in [0.717, 1.165) is 112 Å². The summed E-state index contributed by atoms with van der Waals surface area (Å²) in [6.07, 6.45) is 7.81. The van der Waals surface area contributed by atoms with Crippen LogP contribution in [0.5, 0.6) is 11.5 Å². The van der Waals surface area contributed by atoms with Crippen molar-refractivity contribution in [2.45, 2.75) is 83.4 Å². The van der Waals surface area contributed by atoms with Crippen LogP contribution in [0.25, 0.3) is 50.2 Å². The topological polar surface area (TPSA) is 104 Å². The smallest absolute Gasteiger partial charge is 0.343 e. The number of aromatic nitrogens is 1. The van der Waals surface area contributed by atoms with E-state index in [1.807, 2.05) is 88.4 Å². The molecule has 0 unspecified atom stereocenters. The summed E-state index contributed by atoms with van der Waals surface area (Å²) in [5.41, 5.74) is 15.4. The second-order valence-electron chi connectivity index (χ2n) is 22.6. The molecule has 6 aromatic carbocycles. The van der Waals surface area contributed by atoms with Gasteiger partial charge in [-0.25, -0.2) is 4.79 Å². The Balaban J connectivity index is 1.50. The fourth-order valence-electron chi connectivity index (χ4n) is 12.2. The molecule has 0 saturated heterocycles. The standard InChI is InChI=1S/C67H71N5O5S/c1-15-53-50-35-55-51(33-48(50)39(3)37-66(53,5)6)59(52-34-49-40(4)38-67(7,8)72(16-2)54(49)36-56(52)77-55)60-57(41-17-23-44(24-18-41)68(9)10)63(78-47-27-21-43(22-28-47)64(73)74)58(42-19-25-45(26-20-42)69(11)12)62(61(60)65(75)76)71-31-29-46(30-32-71)70(13)14/h17-38,64,73-74H,15-16H2,1-14H3/p+1. The van der Waals surface area contributed by atoms with Crippen LogP contribution in [0.4, 0.5) is 22.7 Å². The van der Waals surface area contributed by atoms with Crippen LogP contribution in [0.3, 0.4) is 0 Å². The van der Waals surface area contributed by atoms with Gasteiger partial charge in [-0.2, -0.15) is 4.57 Å². The van der Waals surface area contributed by atoms with Gasteiger partial charge in [-0.1, -0.05) is 86.7 Å². The lowest BCUT2D eigenvalue weighted by Gasteiger charge is -2.43. The number of hydrogen-bond acceptors (Lipinski definition) is 9. The minimum absolute atomic E-state index is 0.126. The number of aliphatic hydroxyl groups is 2. The number of carboxylic acids is 1. The summed E-state index contributed by atoms with van der Waals surface area (Å²) in [5, 5.41) is 35.1. The summed E-state index contributed by atoms with van der Waals surface area (Å²) in [7, 11) is 12.0. The Morgan fingerprint density at radius 3 is 1.76 bits per heavy atom. The average Bonchev–Trinajstić information content (AvgIpc) is 3.43. The van der Waals surface area contributed by atoms with Gasteiger partial charge in [0.1, 0.15) is 17.1 Å². The normalized spacial score (nSPS) is 14.9. The van der Waals surface area contributed by atoms with Crippen LogP contribution >= 0.6 is 11.8 Å². The molecule has 3 N–H and O–H groups in total. The van der Waals surface area contributed by atoms with Gasteiger partial charge in [0, 0.05) is 144 Å². The lowest BCUT2D eigenvalue weighted by molar-refractivity contribution is -0.595. The molecule has 7 aromatic rings. The molecular formula is C67H72N5O5S+. The summed E-state index contributed by atoms with van der Waals surface area (Å²) in [5.74, 6) is 0.210. The maximum atomic E-state index is 15.4. The van der Waals surface area contributed by atoms with Crippen molar-refractivity contribution >= 4 is 62.8 Å². The van der Waals surface area contributed by atoms with Gasteiger partial charge in [-0.05, 0) is 129 Å². The maximum absolute atomic E-state index is 15.4. The van der Waals surface area contributed by atoms with Crippen molar-refractivity contribution in [3.05, 3.63) is 178 Å². The number of aliphatic hydroxyl groups excluding tert-OH is 1. The minimum Gasteiger partial charge on any atom is -0.477 e. The van der Waals surface area contributed by atoms with E-state index in [9.17, 15) is 15.3 Å². The van der Waals surface area contributed by atoms with Gasteiger partial charge in [-0.15, -0.1) is 0 Å². The SMILES string of the molecule is CCC1=c2cc3c(cc2C(C)=CC1(C)C)=C(c1c(C(=O)O)c(-[n+]2ccc(N(C)C)cc2)c(-c2ccc(N(C)C)cc2)c(Sc2ccc(C(O)O)cc2)c1-c1ccc(N(C)C)cc1)c1cc2c(cc1O3)N(CC)C(C)(C)C=C2C. The Morgan fingerprint density at radius 2 is 1.22 bits per heavy atom. The first kappa shape index (κ1) is 53.8. The molecule has 1 aromatic heterocycles. The van der Waals surface area contributed by atoms with Crippen LogP contribution < -0.4 is 39.3 Å². The fraction of sp³-hybridized carbons (Fsp3) is 0.284. The molecule has 3 aliphatic rings. The lowest BCUT2D eigenvalue weighted by Crippen LogP contribution is -2.45.